The van der Waals surface area contributed by atoms with E-state index in [9.17, 15) is 13.2 Å². The van der Waals surface area contributed by atoms with Crippen LogP contribution in [-0.2, 0) is 4.74 Å². The molecule has 0 radical (unpaired) electrons. The smallest absolute Gasteiger partial charge is 0.380 e. The lowest BCUT2D eigenvalue weighted by atomic mass is 10.2. The maximum atomic E-state index is 11.7. The van der Waals surface area contributed by atoms with Crippen LogP contribution in [0.3, 0.4) is 0 Å². The van der Waals surface area contributed by atoms with Gasteiger partial charge in [-0.25, -0.2) is 0 Å². The van der Waals surface area contributed by atoms with Gasteiger partial charge in [0.15, 0.2) is 0 Å². The molecule has 2 nitrogen and oxygen atoms in total. The van der Waals surface area contributed by atoms with Crippen molar-refractivity contribution in [3.8, 4) is 0 Å². The van der Waals surface area contributed by atoms with Gasteiger partial charge in [0.2, 0.25) is 0 Å². The van der Waals surface area contributed by atoms with E-state index in [1.165, 1.54) is 0 Å². The summed E-state index contributed by atoms with van der Waals surface area (Å²) in [6.45, 7) is 6.46. The van der Waals surface area contributed by atoms with Crippen molar-refractivity contribution in [1.82, 2.24) is 5.32 Å². The lowest BCUT2D eigenvalue weighted by Gasteiger charge is -2.08. The van der Waals surface area contributed by atoms with Crippen molar-refractivity contribution in [1.29, 1.82) is 0 Å². The highest BCUT2D eigenvalue weighted by Gasteiger charge is 2.25. The quantitative estimate of drug-likeness (QED) is 0.643. The van der Waals surface area contributed by atoms with Gasteiger partial charge in [-0.05, 0) is 18.9 Å². The highest BCUT2D eigenvalue weighted by Crippen LogP contribution is 2.20. The van der Waals surface area contributed by atoms with E-state index in [0.717, 1.165) is 6.54 Å². The van der Waals surface area contributed by atoms with Crippen LogP contribution in [0.15, 0.2) is 0 Å². The van der Waals surface area contributed by atoms with E-state index in [-0.39, 0.29) is 13.0 Å². The summed E-state index contributed by atoms with van der Waals surface area (Å²) in [7, 11) is 0. The molecule has 0 amide bonds. The Morgan fingerprint density at radius 1 is 1.20 bits per heavy atom. The third-order valence-corrected chi connectivity index (χ3v) is 1.72. The van der Waals surface area contributed by atoms with Crippen LogP contribution in [-0.4, -0.2) is 32.5 Å². The first-order chi connectivity index (χ1) is 6.92. The molecule has 0 atom stereocenters. The summed E-state index contributed by atoms with van der Waals surface area (Å²) < 4.78 is 40.2. The lowest BCUT2D eigenvalue weighted by molar-refractivity contribution is -0.137. The molecule has 0 unspecified atom stereocenters. The molecule has 0 heterocycles. The minimum Gasteiger partial charge on any atom is -0.380 e. The van der Waals surface area contributed by atoms with Crippen LogP contribution >= 0.6 is 0 Å². The Morgan fingerprint density at radius 3 is 2.40 bits per heavy atom. The molecule has 0 aliphatic carbocycles. The predicted octanol–water partition coefficient (Wildman–Crippen LogP) is 2.59. The molecule has 0 aromatic carbocycles. The molecule has 0 bridgehead atoms. The minimum atomic E-state index is -4.06. The second-order valence-corrected chi connectivity index (χ2v) is 3.93. The van der Waals surface area contributed by atoms with Gasteiger partial charge < -0.3 is 10.1 Å². The van der Waals surface area contributed by atoms with E-state index in [0.29, 0.717) is 19.1 Å². The van der Waals surface area contributed by atoms with Gasteiger partial charge in [-0.3, -0.25) is 0 Å². The Balaban J connectivity index is 3.06. The summed E-state index contributed by atoms with van der Waals surface area (Å²) in [5.41, 5.74) is 0. The molecule has 0 rings (SSSR count). The summed E-state index contributed by atoms with van der Waals surface area (Å²) in [5.74, 6) is 0.579. The zero-order valence-electron chi connectivity index (χ0n) is 9.36. The summed E-state index contributed by atoms with van der Waals surface area (Å²) in [5, 5.41) is 3.14. The zero-order chi connectivity index (χ0) is 11.7. The minimum absolute atomic E-state index is 0.0493. The molecule has 0 saturated heterocycles. The fraction of sp³-hybridized carbons (Fsp3) is 1.00. The molecular formula is C10H20F3NO. The van der Waals surface area contributed by atoms with Crippen molar-refractivity contribution in [2.24, 2.45) is 5.92 Å². The summed E-state index contributed by atoms with van der Waals surface area (Å²) in [6, 6.07) is 0. The van der Waals surface area contributed by atoms with Crippen LogP contribution < -0.4 is 5.32 Å². The molecule has 0 aliphatic heterocycles. The molecule has 1 N–H and O–H groups in total. The van der Waals surface area contributed by atoms with Crippen molar-refractivity contribution in [3.63, 3.8) is 0 Å². The Morgan fingerprint density at radius 2 is 1.87 bits per heavy atom. The van der Waals surface area contributed by atoms with Gasteiger partial charge in [0.25, 0.3) is 0 Å². The number of nitrogens with one attached hydrogen (secondary N) is 1. The lowest BCUT2D eigenvalue weighted by Crippen LogP contribution is -2.24. The summed E-state index contributed by atoms with van der Waals surface area (Å²) in [6.07, 6.45) is -4.76. The van der Waals surface area contributed by atoms with Gasteiger partial charge in [0.05, 0.1) is 6.61 Å². The van der Waals surface area contributed by atoms with Crippen molar-refractivity contribution in [3.05, 3.63) is 0 Å². The van der Waals surface area contributed by atoms with Crippen LogP contribution in [0.5, 0.6) is 0 Å². The van der Waals surface area contributed by atoms with E-state index in [1.807, 2.05) is 0 Å². The van der Waals surface area contributed by atoms with Crippen molar-refractivity contribution in [2.45, 2.75) is 32.9 Å². The van der Waals surface area contributed by atoms with Crippen LogP contribution in [0.1, 0.15) is 26.7 Å². The molecule has 0 aromatic rings. The SMILES string of the molecule is CC(C)CNCCOCCCC(F)(F)F. The maximum Gasteiger partial charge on any atom is 0.389 e. The van der Waals surface area contributed by atoms with Crippen molar-refractivity contribution in [2.75, 3.05) is 26.3 Å². The van der Waals surface area contributed by atoms with E-state index < -0.39 is 12.6 Å². The van der Waals surface area contributed by atoms with Crippen molar-refractivity contribution >= 4 is 0 Å². The Labute approximate surface area is 89.2 Å². The van der Waals surface area contributed by atoms with Crippen LogP contribution in [0, 0.1) is 5.92 Å². The third kappa shape index (κ3) is 13.7. The van der Waals surface area contributed by atoms with Gasteiger partial charge in [-0.15, -0.1) is 0 Å². The maximum absolute atomic E-state index is 11.7. The first kappa shape index (κ1) is 14.7. The topological polar surface area (TPSA) is 21.3 Å². The molecule has 15 heavy (non-hydrogen) atoms. The summed E-state index contributed by atoms with van der Waals surface area (Å²) in [4.78, 5) is 0. The van der Waals surface area contributed by atoms with Crippen LogP contribution in [0.2, 0.25) is 0 Å². The predicted molar refractivity (Wildman–Crippen MR) is 53.8 cm³/mol. The Bertz CT molecular complexity index is 148. The number of hydrogen-bond acceptors (Lipinski definition) is 2. The Kier molecular flexibility index (Phi) is 7.78. The first-order valence-corrected chi connectivity index (χ1v) is 5.27. The normalized spacial score (nSPS) is 12.4. The van der Waals surface area contributed by atoms with Gasteiger partial charge >= 0.3 is 6.18 Å². The molecule has 0 saturated carbocycles. The molecular weight excluding hydrogens is 207 g/mol. The van der Waals surface area contributed by atoms with Crippen LogP contribution in [0.25, 0.3) is 0 Å². The van der Waals surface area contributed by atoms with E-state index in [4.69, 9.17) is 4.74 Å². The van der Waals surface area contributed by atoms with Gasteiger partial charge in [-0.1, -0.05) is 13.8 Å². The zero-order valence-corrected chi connectivity index (χ0v) is 9.36. The Hall–Kier alpha value is -0.290. The third-order valence-electron chi connectivity index (χ3n) is 1.72. The monoisotopic (exact) mass is 227 g/mol. The average Bonchev–Trinajstić information content (AvgIpc) is 2.07. The van der Waals surface area contributed by atoms with Gasteiger partial charge in [0, 0.05) is 19.6 Å². The second-order valence-electron chi connectivity index (χ2n) is 3.93. The number of rotatable bonds is 8. The molecule has 0 fully saturated rings. The van der Waals surface area contributed by atoms with E-state index >= 15 is 0 Å². The second kappa shape index (κ2) is 7.93. The average molecular weight is 227 g/mol. The number of alkyl halides is 3. The van der Waals surface area contributed by atoms with Crippen molar-refractivity contribution < 1.29 is 17.9 Å². The number of halogens is 3. The molecule has 0 aromatic heterocycles. The van der Waals surface area contributed by atoms with Gasteiger partial charge in [0.1, 0.15) is 0 Å². The number of hydrogen-bond donors (Lipinski definition) is 1. The fourth-order valence-electron chi connectivity index (χ4n) is 1.01. The molecule has 0 aliphatic rings. The van der Waals surface area contributed by atoms with E-state index in [1.54, 1.807) is 0 Å². The first-order valence-electron chi connectivity index (χ1n) is 5.27. The molecule has 5 heteroatoms. The number of ether oxygens (including phenoxy) is 1. The van der Waals surface area contributed by atoms with Crippen LogP contribution in [0.4, 0.5) is 13.2 Å². The molecule has 0 spiro atoms. The van der Waals surface area contributed by atoms with Gasteiger partial charge in [-0.2, -0.15) is 13.2 Å². The molecule has 92 valence electrons. The summed E-state index contributed by atoms with van der Waals surface area (Å²) >= 11 is 0. The fourth-order valence-corrected chi connectivity index (χ4v) is 1.01. The highest BCUT2D eigenvalue weighted by molar-refractivity contribution is 4.51. The van der Waals surface area contributed by atoms with E-state index in [2.05, 4.69) is 19.2 Å². The standard InChI is InChI=1S/C10H20F3NO/c1-9(2)8-14-5-7-15-6-3-4-10(11,12)13/h9,14H,3-8H2,1-2H3. The largest absolute Gasteiger partial charge is 0.389 e. The highest BCUT2D eigenvalue weighted by atomic mass is 19.4.